The quantitative estimate of drug-likeness (QED) is 0.503. The second-order valence-electron chi connectivity index (χ2n) is 6.31. The number of nitrogens with zero attached hydrogens (tertiary/aromatic N) is 1. The molecule has 8 nitrogen and oxygen atoms in total. The molecule has 8 heteroatoms. The van der Waals surface area contributed by atoms with Crippen molar-refractivity contribution in [1.29, 1.82) is 0 Å². The number of anilines is 1. The molecule has 1 aliphatic carbocycles. The van der Waals surface area contributed by atoms with E-state index in [0.717, 1.165) is 12.8 Å². The van der Waals surface area contributed by atoms with Gasteiger partial charge in [0.1, 0.15) is 0 Å². The maximum Gasteiger partial charge on any atom is 0.271 e. The van der Waals surface area contributed by atoms with E-state index in [0.29, 0.717) is 16.8 Å². The highest BCUT2D eigenvalue weighted by atomic mass is 16.5. The summed E-state index contributed by atoms with van der Waals surface area (Å²) in [5, 5.41) is 16.6. The number of carbonyl (C=O) groups excluding carboxylic acids is 2. The second-order valence-corrected chi connectivity index (χ2v) is 6.31. The van der Waals surface area contributed by atoms with Crippen LogP contribution >= 0.6 is 0 Å². The van der Waals surface area contributed by atoms with E-state index in [4.69, 9.17) is 9.47 Å². The number of amides is 2. The van der Waals surface area contributed by atoms with Crippen LogP contribution < -0.4 is 20.2 Å². The van der Waals surface area contributed by atoms with E-state index in [1.807, 2.05) is 0 Å². The van der Waals surface area contributed by atoms with Gasteiger partial charge < -0.3 is 19.9 Å². The van der Waals surface area contributed by atoms with Gasteiger partial charge >= 0.3 is 0 Å². The van der Waals surface area contributed by atoms with Gasteiger partial charge in [-0.3, -0.25) is 9.59 Å². The first-order valence-corrected chi connectivity index (χ1v) is 8.71. The molecule has 0 heterocycles. The first-order chi connectivity index (χ1) is 13.5. The monoisotopic (exact) mass is 383 g/mol. The summed E-state index contributed by atoms with van der Waals surface area (Å²) in [5.74, 6) is 0.0945. The predicted octanol–water partition coefficient (Wildman–Crippen LogP) is 2.52. The third-order valence-corrected chi connectivity index (χ3v) is 4.24. The van der Waals surface area contributed by atoms with E-state index in [1.54, 1.807) is 36.4 Å². The number of benzene rings is 2. The summed E-state index contributed by atoms with van der Waals surface area (Å²) < 4.78 is 10.1. The molecule has 1 aliphatic rings. The minimum Gasteiger partial charge on any atom is -0.502 e. The van der Waals surface area contributed by atoms with Crippen molar-refractivity contribution in [3.05, 3.63) is 47.5 Å². The summed E-state index contributed by atoms with van der Waals surface area (Å²) in [6.45, 7) is 0. The molecular weight excluding hydrogens is 362 g/mol. The van der Waals surface area contributed by atoms with Gasteiger partial charge in [-0.1, -0.05) is 0 Å². The molecular formula is C20H21N3O5. The molecule has 1 saturated carbocycles. The molecule has 28 heavy (non-hydrogen) atoms. The summed E-state index contributed by atoms with van der Waals surface area (Å²) in [5.41, 5.74) is 4.06. The Morgan fingerprint density at radius 3 is 2.25 bits per heavy atom. The molecule has 2 aromatic rings. The van der Waals surface area contributed by atoms with Crippen LogP contribution in [0, 0.1) is 5.92 Å². The van der Waals surface area contributed by atoms with E-state index < -0.39 is 5.91 Å². The standard InChI is InChI=1S/C20H21N3O5/c1-27-16-9-12(10-17(28-2)18(16)24)11-21-23-20(26)14-5-7-15(8-6-14)22-19(25)13-3-4-13/h5-11,13,24H,3-4H2,1-2H3,(H,22,25)(H,23,26)/b21-11+. The van der Waals surface area contributed by atoms with Crippen LogP contribution in [-0.2, 0) is 4.79 Å². The Labute approximate surface area is 162 Å². The van der Waals surface area contributed by atoms with Gasteiger partial charge in [0.25, 0.3) is 5.91 Å². The predicted molar refractivity (Wildman–Crippen MR) is 104 cm³/mol. The van der Waals surface area contributed by atoms with Crippen molar-refractivity contribution in [1.82, 2.24) is 5.43 Å². The molecule has 0 aromatic heterocycles. The van der Waals surface area contributed by atoms with Gasteiger partial charge in [-0.05, 0) is 49.2 Å². The minimum absolute atomic E-state index is 0.0153. The lowest BCUT2D eigenvalue weighted by atomic mass is 10.2. The van der Waals surface area contributed by atoms with Gasteiger partial charge in [-0.15, -0.1) is 0 Å². The first kappa shape index (κ1) is 19.2. The number of hydrogen-bond donors (Lipinski definition) is 3. The third kappa shape index (κ3) is 4.59. The highest BCUT2D eigenvalue weighted by Gasteiger charge is 2.29. The number of nitrogens with one attached hydrogen (secondary N) is 2. The van der Waals surface area contributed by atoms with Crippen molar-refractivity contribution >= 4 is 23.7 Å². The molecule has 1 fully saturated rings. The third-order valence-electron chi connectivity index (χ3n) is 4.24. The largest absolute Gasteiger partial charge is 0.502 e. The Balaban J connectivity index is 1.61. The molecule has 146 valence electrons. The van der Waals surface area contributed by atoms with Crippen LogP contribution in [0.1, 0.15) is 28.8 Å². The van der Waals surface area contributed by atoms with Crippen molar-refractivity contribution in [2.45, 2.75) is 12.8 Å². The molecule has 0 radical (unpaired) electrons. The first-order valence-electron chi connectivity index (χ1n) is 8.71. The highest BCUT2D eigenvalue weighted by Crippen LogP contribution is 2.36. The van der Waals surface area contributed by atoms with Crippen molar-refractivity contribution in [2.24, 2.45) is 11.0 Å². The van der Waals surface area contributed by atoms with E-state index in [1.165, 1.54) is 20.4 Å². The van der Waals surface area contributed by atoms with Crippen LogP contribution in [0.2, 0.25) is 0 Å². The fourth-order valence-corrected chi connectivity index (χ4v) is 2.51. The van der Waals surface area contributed by atoms with Gasteiger partial charge in [0, 0.05) is 22.7 Å². The summed E-state index contributed by atoms with van der Waals surface area (Å²) in [6, 6.07) is 9.69. The molecule has 2 aromatic carbocycles. The summed E-state index contributed by atoms with van der Waals surface area (Å²) >= 11 is 0. The zero-order chi connectivity index (χ0) is 20.1. The normalized spacial score (nSPS) is 13.2. The number of methoxy groups -OCH3 is 2. The van der Waals surface area contributed by atoms with Gasteiger partial charge in [-0.2, -0.15) is 5.10 Å². The molecule has 0 unspecified atom stereocenters. The van der Waals surface area contributed by atoms with Gasteiger partial charge in [-0.25, -0.2) is 5.43 Å². The number of hydrogen-bond acceptors (Lipinski definition) is 6. The topological polar surface area (TPSA) is 109 Å². The zero-order valence-electron chi connectivity index (χ0n) is 15.6. The summed E-state index contributed by atoms with van der Waals surface area (Å²) in [7, 11) is 2.85. The van der Waals surface area contributed by atoms with E-state index in [-0.39, 0.29) is 29.1 Å². The van der Waals surface area contributed by atoms with Crippen LogP contribution in [0.25, 0.3) is 0 Å². The van der Waals surface area contributed by atoms with Crippen LogP contribution in [-0.4, -0.2) is 37.4 Å². The Bertz CT molecular complexity index is 880. The maximum atomic E-state index is 12.2. The summed E-state index contributed by atoms with van der Waals surface area (Å²) in [4.78, 5) is 23.9. The van der Waals surface area contributed by atoms with Crippen LogP contribution in [0.5, 0.6) is 17.2 Å². The number of phenols is 1. The Morgan fingerprint density at radius 2 is 1.71 bits per heavy atom. The Hall–Kier alpha value is -3.55. The van der Waals surface area contributed by atoms with Gasteiger partial charge in [0.15, 0.2) is 11.5 Å². The maximum absolute atomic E-state index is 12.2. The van der Waals surface area contributed by atoms with Crippen LogP contribution in [0.4, 0.5) is 5.69 Å². The Morgan fingerprint density at radius 1 is 1.11 bits per heavy atom. The number of hydrazone groups is 1. The number of carbonyl (C=O) groups is 2. The van der Waals surface area contributed by atoms with E-state index in [2.05, 4.69) is 15.8 Å². The molecule has 0 atom stereocenters. The SMILES string of the molecule is COc1cc(/C=N/NC(=O)c2ccc(NC(=O)C3CC3)cc2)cc(OC)c1O. The molecule has 0 saturated heterocycles. The number of phenolic OH excluding ortho intramolecular Hbond substituents is 1. The van der Waals surface area contributed by atoms with Crippen LogP contribution in [0.15, 0.2) is 41.5 Å². The summed E-state index contributed by atoms with van der Waals surface area (Å²) in [6.07, 6.45) is 3.28. The molecule has 0 spiro atoms. The Kier molecular flexibility index (Phi) is 5.78. The van der Waals surface area contributed by atoms with E-state index in [9.17, 15) is 14.7 Å². The van der Waals surface area contributed by atoms with Crippen LogP contribution in [0.3, 0.4) is 0 Å². The smallest absolute Gasteiger partial charge is 0.271 e. The van der Waals surface area contributed by atoms with Gasteiger partial charge in [0.05, 0.1) is 20.4 Å². The fourth-order valence-electron chi connectivity index (χ4n) is 2.51. The van der Waals surface area contributed by atoms with Crippen molar-refractivity contribution < 1.29 is 24.2 Å². The molecule has 0 aliphatic heterocycles. The minimum atomic E-state index is -0.394. The van der Waals surface area contributed by atoms with Crippen molar-refractivity contribution in [3.63, 3.8) is 0 Å². The zero-order valence-corrected chi connectivity index (χ0v) is 15.6. The lowest BCUT2D eigenvalue weighted by Gasteiger charge is -2.09. The number of aromatic hydroxyl groups is 1. The molecule has 3 rings (SSSR count). The second kappa shape index (κ2) is 8.43. The van der Waals surface area contributed by atoms with E-state index >= 15 is 0 Å². The number of rotatable bonds is 7. The molecule has 0 bridgehead atoms. The average Bonchev–Trinajstić information content (AvgIpc) is 3.55. The molecule has 3 N–H and O–H groups in total. The molecule has 2 amide bonds. The average molecular weight is 383 g/mol. The number of ether oxygens (including phenoxy) is 2. The van der Waals surface area contributed by atoms with Crippen molar-refractivity contribution in [2.75, 3.05) is 19.5 Å². The lowest BCUT2D eigenvalue weighted by molar-refractivity contribution is -0.117. The van der Waals surface area contributed by atoms with Crippen molar-refractivity contribution in [3.8, 4) is 17.2 Å². The van der Waals surface area contributed by atoms with Gasteiger partial charge in [0.2, 0.25) is 11.7 Å². The lowest BCUT2D eigenvalue weighted by Crippen LogP contribution is -2.18. The fraction of sp³-hybridized carbons (Fsp3) is 0.250. The highest BCUT2D eigenvalue weighted by molar-refractivity contribution is 5.97.